The lowest BCUT2D eigenvalue weighted by Gasteiger charge is -2.42. The number of likely N-dealkylation sites (tertiary alicyclic amines) is 2. The second-order valence-corrected chi connectivity index (χ2v) is 9.15. The Bertz CT molecular complexity index is 1230. The number of benzene rings is 2. The smallest absolute Gasteiger partial charge is 0.339 e. The molecule has 2 aliphatic rings. The monoisotopic (exact) mass is 472 g/mol. The third-order valence-electron chi connectivity index (χ3n) is 7.22. The standard InChI is InChI=1S/C25H27F3N4O2/c26-25(27,28)20-6-2-1-5-19(20)23(33)31-15-9-17(10-16-31)30-13-11-18(12-14-30)32-22-8-4-3-7-21(22)29-24(32)34/h1-8,17-18H,9-16H2,(H,29,34). The highest BCUT2D eigenvalue weighted by Crippen LogP contribution is 2.33. The number of hydrogen-bond donors (Lipinski definition) is 1. The zero-order valence-corrected chi connectivity index (χ0v) is 18.7. The number of piperidine rings is 2. The SMILES string of the molecule is O=C(c1ccccc1C(F)(F)F)N1CCC(N2CCC(n3c(=O)[nH]c4ccccc43)CC2)CC1. The quantitative estimate of drug-likeness (QED) is 0.619. The van der Waals surface area contributed by atoms with Crippen LogP contribution < -0.4 is 5.69 Å². The van der Waals surface area contributed by atoms with Crippen LogP contribution in [-0.4, -0.2) is 57.5 Å². The molecule has 1 N–H and O–H groups in total. The molecule has 34 heavy (non-hydrogen) atoms. The van der Waals surface area contributed by atoms with Crippen LogP contribution in [0.15, 0.2) is 53.3 Å². The molecule has 3 heterocycles. The largest absolute Gasteiger partial charge is 0.417 e. The first-order valence-electron chi connectivity index (χ1n) is 11.7. The number of aromatic nitrogens is 2. The summed E-state index contributed by atoms with van der Waals surface area (Å²) in [6.45, 7) is 2.59. The predicted octanol–water partition coefficient (Wildman–Crippen LogP) is 4.29. The molecule has 0 atom stereocenters. The molecule has 6 nitrogen and oxygen atoms in total. The van der Waals surface area contributed by atoms with Gasteiger partial charge in [0.25, 0.3) is 5.91 Å². The number of alkyl halides is 3. The number of nitrogens with one attached hydrogen (secondary N) is 1. The van der Waals surface area contributed by atoms with E-state index in [1.165, 1.54) is 18.2 Å². The highest BCUT2D eigenvalue weighted by Gasteiger charge is 2.37. The Morgan fingerprint density at radius 3 is 2.18 bits per heavy atom. The van der Waals surface area contributed by atoms with E-state index < -0.39 is 17.6 Å². The van der Waals surface area contributed by atoms with Gasteiger partial charge in [-0.15, -0.1) is 0 Å². The summed E-state index contributed by atoms with van der Waals surface area (Å²) in [5.74, 6) is -0.552. The maximum atomic E-state index is 13.3. The van der Waals surface area contributed by atoms with Crippen molar-refractivity contribution in [3.05, 3.63) is 70.1 Å². The molecule has 1 amide bonds. The summed E-state index contributed by atoms with van der Waals surface area (Å²) in [7, 11) is 0. The van der Waals surface area contributed by atoms with E-state index in [-0.39, 0.29) is 17.3 Å². The maximum absolute atomic E-state index is 13.3. The highest BCUT2D eigenvalue weighted by molar-refractivity contribution is 5.96. The third kappa shape index (κ3) is 4.24. The lowest BCUT2D eigenvalue weighted by Crippen LogP contribution is -2.49. The van der Waals surface area contributed by atoms with Gasteiger partial charge >= 0.3 is 11.9 Å². The lowest BCUT2D eigenvalue weighted by molar-refractivity contribution is -0.138. The number of hydrogen-bond acceptors (Lipinski definition) is 3. The van der Waals surface area contributed by atoms with Gasteiger partial charge in [0.1, 0.15) is 0 Å². The Morgan fingerprint density at radius 1 is 0.853 bits per heavy atom. The van der Waals surface area contributed by atoms with Crippen molar-refractivity contribution in [3.8, 4) is 0 Å². The molecule has 1 aromatic heterocycles. The van der Waals surface area contributed by atoms with Crippen LogP contribution in [0.4, 0.5) is 13.2 Å². The number of aromatic amines is 1. The normalized spacial score (nSPS) is 19.1. The average molecular weight is 473 g/mol. The number of halogens is 3. The number of rotatable bonds is 3. The van der Waals surface area contributed by atoms with Crippen molar-refractivity contribution in [2.24, 2.45) is 0 Å². The van der Waals surface area contributed by atoms with E-state index in [0.29, 0.717) is 19.1 Å². The highest BCUT2D eigenvalue weighted by atomic mass is 19.4. The molecule has 3 aromatic rings. The number of nitrogens with zero attached hydrogens (tertiary/aromatic N) is 3. The van der Waals surface area contributed by atoms with Crippen molar-refractivity contribution in [1.29, 1.82) is 0 Å². The Kier molecular flexibility index (Phi) is 5.97. The van der Waals surface area contributed by atoms with Crippen LogP contribution in [0, 0.1) is 0 Å². The van der Waals surface area contributed by atoms with Crippen molar-refractivity contribution in [1.82, 2.24) is 19.4 Å². The van der Waals surface area contributed by atoms with Gasteiger partial charge in [-0.3, -0.25) is 9.36 Å². The fraction of sp³-hybridized carbons (Fsp3) is 0.440. The molecule has 0 unspecified atom stereocenters. The first-order valence-corrected chi connectivity index (χ1v) is 11.7. The van der Waals surface area contributed by atoms with Crippen LogP contribution in [0.1, 0.15) is 47.6 Å². The summed E-state index contributed by atoms with van der Waals surface area (Å²) in [4.78, 5) is 32.2. The summed E-state index contributed by atoms with van der Waals surface area (Å²) in [5.41, 5.74) is 0.539. The topological polar surface area (TPSA) is 61.3 Å². The number of carbonyl (C=O) groups excluding carboxylic acids is 1. The summed E-state index contributed by atoms with van der Waals surface area (Å²) in [6.07, 6.45) is -1.36. The lowest BCUT2D eigenvalue weighted by atomic mass is 9.96. The van der Waals surface area contributed by atoms with Gasteiger partial charge in [0.2, 0.25) is 0 Å². The molecular weight excluding hydrogens is 445 g/mol. The van der Waals surface area contributed by atoms with E-state index in [9.17, 15) is 22.8 Å². The molecule has 2 saturated heterocycles. The van der Waals surface area contributed by atoms with Gasteiger partial charge in [0, 0.05) is 38.3 Å². The van der Waals surface area contributed by atoms with Gasteiger partial charge < -0.3 is 14.8 Å². The molecular formula is C25H27F3N4O2. The van der Waals surface area contributed by atoms with Crippen molar-refractivity contribution in [2.45, 2.75) is 43.9 Å². The van der Waals surface area contributed by atoms with Gasteiger partial charge in [-0.1, -0.05) is 24.3 Å². The molecule has 9 heteroatoms. The number of fused-ring (bicyclic) bond motifs is 1. The number of H-pyrrole nitrogens is 1. The number of amides is 1. The molecule has 5 rings (SSSR count). The number of para-hydroxylation sites is 2. The number of carbonyl (C=O) groups is 1. The molecule has 2 fully saturated rings. The third-order valence-corrected chi connectivity index (χ3v) is 7.22. The zero-order chi connectivity index (χ0) is 23.9. The van der Waals surface area contributed by atoms with Crippen LogP contribution in [-0.2, 0) is 6.18 Å². The Labute approximate surface area is 195 Å². The van der Waals surface area contributed by atoms with Crippen LogP contribution in [0.5, 0.6) is 0 Å². The van der Waals surface area contributed by atoms with E-state index in [2.05, 4.69) is 9.88 Å². The Hall–Kier alpha value is -3.07. The van der Waals surface area contributed by atoms with E-state index in [4.69, 9.17) is 0 Å². The summed E-state index contributed by atoms with van der Waals surface area (Å²) < 4.78 is 41.8. The summed E-state index contributed by atoms with van der Waals surface area (Å²) >= 11 is 0. The molecule has 0 spiro atoms. The molecule has 0 aliphatic carbocycles. The van der Waals surface area contributed by atoms with Crippen LogP contribution in [0.3, 0.4) is 0 Å². The van der Waals surface area contributed by atoms with Gasteiger partial charge in [-0.05, 0) is 49.9 Å². The Balaban J connectivity index is 1.19. The fourth-order valence-corrected chi connectivity index (χ4v) is 5.47. The van der Waals surface area contributed by atoms with E-state index in [1.54, 1.807) is 4.90 Å². The van der Waals surface area contributed by atoms with Gasteiger partial charge in [-0.25, -0.2) is 4.79 Å². The minimum atomic E-state index is -4.55. The average Bonchev–Trinajstić information content (AvgIpc) is 3.19. The summed E-state index contributed by atoms with van der Waals surface area (Å²) in [6, 6.07) is 13.1. The summed E-state index contributed by atoms with van der Waals surface area (Å²) in [5, 5.41) is 0. The van der Waals surface area contributed by atoms with Crippen LogP contribution in [0.2, 0.25) is 0 Å². The second kappa shape index (κ2) is 8.94. The molecule has 2 aromatic carbocycles. The van der Waals surface area contributed by atoms with Gasteiger partial charge in [-0.2, -0.15) is 13.2 Å². The molecule has 0 bridgehead atoms. The molecule has 180 valence electrons. The van der Waals surface area contributed by atoms with Crippen LogP contribution in [0.25, 0.3) is 11.0 Å². The molecule has 0 saturated carbocycles. The Morgan fingerprint density at radius 2 is 1.47 bits per heavy atom. The van der Waals surface area contributed by atoms with Crippen molar-refractivity contribution >= 4 is 16.9 Å². The van der Waals surface area contributed by atoms with Gasteiger partial charge in [0.05, 0.1) is 22.2 Å². The van der Waals surface area contributed by atoms with Crippen LogP contribution >= 0.6 is 0 Å². The second-order valence-electron chi connectivity index (χ2n) is 9.15. The first-order chi connectivity index (χ1) is 16.3. The van der Waals surface area contributed by atoms with E-state index >= 15 is 0 Å². The molecule has 0 radical (unpaired) electrons. The fourth-order valence-electron chi connectivity index (χ4n) is 5.47. The first kappa shape index (κ1) is 22.7. The van der Waals surface area contributed by atoms with Crippen molar-refractivity contribution in [2.75, 3.05) is 26.2 Å². The maximum Gasteiger partial charge on any atom is 0.417 e. The number of imidazole rings is 1. The minimum Gasteiger partial charge on any atom is -0.339 e. The predicted molar refractivity (Wildman–Crippen MR) is 123 cm³/mol. The van der Waals surface area contributed by atoms with E-state index in [1.807, 2.05) is 28.8 Å². The minimum absolute atomic E-state index is 0.0781. The van der Waals surface area contributed by atoms with Crippen molar-refractivity contribution < 1.29 is 18.0 Å². The molecule has 2 aliphatic heterocycles. The van der Waals surface area contributed by atoms with E-state index in [0.717, 1.165) is 55.9 Å². The van der Waals surface area contributed by atoms with Gasteiger partial charge in [0.15, 0.2) is 0 Å². The van der Waals surface area contributed by atoms with Crippen molar-refractivity contribution in [3.63, 3.8) is 0 Å². The zero-order valence-electron chi connectivity index (χ0n) is 18.7.